The highest BCUT2D eigenvalue weighted by Crippen LogP contribution is 2.35. The molecule has 1 aromatic rings. The molecular weight excluding hydrogens is 403 g/mol. The van der Waals surface area contributed by atoms with Crippen LogP contribution in [-0.4, -0.2) is 77.1 Å². The number of aliphatic imine (C=N–C) groups is 1. The van der Waals surface area contributed by atoms with Crippen LogP contribution >= 0.6 is 11.6 Å². The van der Waals surface area contributed by atoms with Crippen LogP contribution < -0.4 is 5.32 Å². The van der Waals surface area contributed by atoms with Crippen molar-refractivity contribution in [2.24, 2.45) is 4.99 Å². The number of nitrogens with one attached hydrogen (secondary N) is 1. The summed E-state index contributed by atoms with van der Waals surface area (Å²) in [5.41, 5.74) is 0.848. The minimum Gasteiger partial charge on any atom is -0.355 e. The van der Waals surface area contributed by atoms with Crippen LogP contribution in [0.25, 0.3) is 0 Å². The summed E-state index contributed by atoms with van der Waals surface area (Å²) in [6, 6.07) is 3.25. The van der Waals surface area contributed by atoms with Gasteiger partial charge in [0.1, 0.15) is 17.7 Å². The molecule has 2 unspecified atom stereocenters. The van der Waals surface area contributed by atoms with E-state index in [1.165, 1.54) is 0 Å². The first kappa shape index (κ1) is 20.0. The van der Waals surface area contributed by atoms with Crippen molar-refractivity contribution in [3.63, 3.8) is 0 Å². The van der Waals surface area contributed by atoms with Crippen molar-refractivity contribution in [1.82, 2.24) is 25.0 Å². The van der Waals surface area contributed by atoms with Crippen molar-refractivity contribution in [3.8, 4) is 0 Å². The number of likely N-dealkylation sites (N-methyl/N-ethyl adjacent to an activating group) is 1. The Morgan fingerprint density at radius 2 is 2.03 bits per heavy atom. The van der Waals surface area contributed by atoms with Gasteiger partial charge >= 0.3 is 0 Å². The number of pyridine rings is 1. The fourth-order valence-corrected chi connectivity index (χ4v) is 5.16. The number of amidine groups is 1. The standard InChI is InChI=1S/C22H28ClFN6/c1-28-11-13-29(14-12-28)19-9-3-8-18-27-21(22(24)30(18)19)17-7-2-6-16(26-17)20-15(23)5-4-10-25-20/h3-5,8-10,16-17,21-22,26H,2,6-7,11-14H2,1H3/t16-,17+,21?,22?/m0/s1. The van der Waals surface area contributed by atoms with Crippen molar-refractivity contribution in [1.29, 1.82) is 0 Å². The molecular formula is C22H28ClFN6. The van der Waals surface area contributed by atoms with Crippen LogP contribution in [0.1, 0.15) is 31.0 Å². The van der Waals surface area contributed by atoms with Crippen LogP contribution in [0.4, 0.5) is 4.39 Å². The number of hydrogen-bond donors (Lipinski definition) is 1. The van der Waals surface area contributed by atoms with Crippen LogP contribution in [-0.2, 0) is 0 Å². The van der Waals surface area contributed by atoms with Crippen molar-refractivity contribution in [3.05, 3.63) is 53.1 Å². The zero-order valence-corrected chi connectivity index (χ0v) is 18.0. The van der Waals surface area contributed by atoms with Crippen LogP contribution in [0.2, 0.25) is 5.02 Å². The van der Waals surface area contributed by atoms with Gasteiger partial charge in [-0.05, 0) is 50.6 Å². The van der Waals surface area contributed by atoms with Gasteiger partial charge in [-0.25, -0.2) is 4.39 Å². The molecule has 1 N–H and O–H groups in total. The normalized spacial score (nSPS) is 32.1. The highest BCUT2D eigenvalue weighted by atomic mass is 35.5. The highest BCUT2D eigenvalue weighted by molar-refractivity contribution is 6.31. The second kappa shape index (κ2) is 8.29. The van der Waals surface area contributed by atoms with Gasteiger partial charge in [0, 0.05) is 38.4 Å². The maximum absolute atomic E-state index is 15.8. The van der Waals surface area contributed by atoms with E-state index in [1.54, 1.807) is 11.1 Å². The van der Waals surface area contributed by atoms with Gasteiger partial charge in [0.25, 0.3) is 0 Å². The fraction of sp³-hybridized carbons (Fsp3) is 0.545. The zero-order chi connectivity index (χ0) is 20.7. The number of halogens is 2. The Morgan fingerprint density at radius 1 is 1.20 bits per heavy atom. The third-order valence-corrected chi connectivity index (χ3v) is 6.89. The fourth-order valence-electron chi connectivity index (χ4n) is 4.90. The summed E-state index contributed by atoms with van der Waals surface area (Å²) >= 11 is 6.37. The summed E-state index contributed by atoms with van der Waals surface area (Å²) in [5, 5.41) is 4.27. The number of rotatable bonds is 3. The summed E-state index contributed by atoms with van der Waals surface area (Å²) in [6.07, 6.45) is 9.36. The number of alkyl halides is 1. The Labute approximate surface area is 182 Å². The topological polar surface area (TPSA) is 47.0 Å². The third-order valence-electron chi connectivity index (χ3n) is 6.57. The second-order valence-corrected chi connectivity index (χ2v) is 8.93. The lowest BCUT2D eigenvalue weighted by atomic mass is 9.92. The number of nitrogens with zero attached hydrogens (tertiary/aromatic N) is 5. The predicted molar refractivity (Wildman–Crippen MR) is 117 cm³/mol. The SMILES string of the molecule is CN1CCN(C2=CC=CC3=NC([C@H]4CCC[C@@H](c5ncccc5Cl)N4)C(F)N23)CC1. The number of piperazine rings is 1. The highest BCUT2D eigenvalue weighted by Gasteiger charge is 2.45. The lowest BCUT2D eigenvalue weighted by molar-refractivity contribution is 0.0918. The minimum absolute atomic E-state index is 0.0330. The summed E-state index contributed by atoms with van der Waals surface area (Å²) in [4.78, 5) is 15.6. The molecule has 1 aromatic heterocycles. The molecule has 4 aliphatic rings. The van der Waals surface area contributed by atoms with Crippen molar-refractivity contribution < 1.29 is 4.39 Å². The molecule has 0 saturated carbocycles. The van der Waals surface area contributed by atoms with Crippen LogP contribution in [0.5, 0.6) is 0 Å². The molecule has 4 aliphatic heterocycles. The first-order valence-electron chi connectivity index (χ1n) is 10.8. The van der Waals surface area contributed by atoms with Crippen LogP contribution in [0, 0.1) is 0 Å². The van der Waals surface area contributed by atoms with Gasteiger partial charge in [-0.2, -0.15) is 0 Å². The molecule has 0 aliphatic carbocycles. The van der Waals surface area contributed by atoms with Crippen molar-refractivity contribution >= 4 is 17.4 Å². The molecule has 5 heterocycles. The van der Waals surface area contributed by atoms with Gasteiger partial charge in [-0.15, -0.1) is 0 Å². The van der Waals surface area contributed by atoms with Gasteiger partial charge < -0.3 is 15.1 Å². The molecule has 2 fully saturated rings. The maximum Gasteiger partial charge on any atom is 0.203 e. The van der Waals surface area contributed by atoms with E-state index >= 15 is 4.39 Å². The smallest absolute Gasteiger partial charge is 0.203 e. The number of allylic oxidation sites excluding steroid dienone is 2. The van der Waals surface area contributed by atoms with E-state index in [-0.39, 0.29) is 12.1 Å². The van der Waals surface area contributed by atoms with Gasteiger partial charge in [0.05, 0.1) is 16.8 Å². The summed E-state index contributed by atoms with van der Waals surface area (Å²) in [7, 11) is 2.13. The van der Waals surface area contributed by atoms with E-state index in [0.717, 1.165) is 62.8 Å². The van der Waals surface area contributed by atoms with Crippen molar-refractivity contribution in [2.75, 3.05) is 33.2 Å². The van der Waals surface area contributed by atoms with Crippen LogP contribution in [0.15, 0.2) is 47.4 Å². The largest absolute Gasteiger partial charge is 0.355 e. The third kappa shape index (κ3) is 3.63. The first-order valence-corrected chi connectivity index (χ1v) is 11.2. The van der Waals surface area contributed by atoms with E-state index in [1.807, 2.05) is 30.4 Å². The zero-order valence-electron chi connectivity index (χ0n) is 17.2. The molecule has 0 bridgehead atoms. The molecule has 0 aromatic carbocycles. The van der Waals surface area contributed by atoms with E-state index < -0.39 is 12.3 Å². The van der Waals surface area contributed by atoms with Gasteiger partial charge in [0.2, 0.25) is 6.30 Å². The monoisotopic (exact) mass is 430 g/mol. The molecule has 0 radical (unpaired) electrons. The molecule has 4 atom stereocenters. The average Bonchev–Trinajstić information content (AvgIpc) is 3.12. The molecule has 160 valence electrons. The molecule has 6 nitrogen and oxygen atoms in total. The quantitative estimate of drug-likeness (QED) is 0.747. The van der Waals surface area contributed by atoms with E-state index in [9.17, 15) is 0 Å². The number of aromatic nitrogens is 1. The molecule has 8 heteroatoms. The number of hydrogen-bond acceptors (Lipinski definition) is 6. The average molecular weight is 431 g/mol. The lowest BCUT2D eigenvalue weighted by Crippen LogP contribution is -2.52. The number of piperidine rings is 1. The molecule has 5 rings (SSSR count). The number of fused-ring (bicyclic) bond motifs is 1. The minimum atomic E-state index is -1.17. The van der Waals surface area contributed by atoms with Crippen molar-refractivity contribution in [2.45, 2.75) is 43.7 Å². The van der Waals surface area contributed by atoms with Gasteiger partial charge in [-0.3, -0.25) is 14.9 Å². The summed E-state index contributed by atoms with van der Waals surface area (Å²) < 4.78 is 15.8. The summed E-state index contributed by atoms with van der Waals surface area (Å²) in [6.45, 7) is 3.77. The van der Waals surface area contributed by atoms with Gasteiger partial charge in [-0.1, -0.05) is 17.7 Å². The predicted octanol–water partition coefficient (Wildman–Crippen LogP) is 2.96. The Kier molecular flexibility index (Phi) is 5.52. The second-order valence-electron chi connectivity index (χ2n) is 8.52. The molecule has 0 amide bonds. The first-order chi connectivity index (χ1) is 14.6. The Bertz CT molecular complexity index is 878. The van der Waals surface area contributed by atoms with Gasteiger partial charge in [0.15, 0.2) is 0 Å². The summed E-state index contributed by atoms with van der Waals surface area (Å²) in [5.74, 6) is 1.66. The van der Waals surface area contributed by atoms with E-state index in [4.69, 9.17) is 16.6 Å². The molecule has 30 heavy (non-hydrogen) atoms. The lowest BCUT2D eigenvalue weighted by Gasteiger charge is -2.41. The Hall–Kier alpha value is -1.96. The van der Waals surface area contributed by atoms with E-state index in [2.05, 4.69) is 27.1 Å². The maximum atomic E-state index is 15.8. The Balaban J connectivity index is 1.33. The molecule has 0 spiro atoms. The van der Waals surface area contributed by atoms with E-state index in [0.29, 0.717) is 5.02 Å². The van der Waals surface area contributed by atoms with Crippen LogP contribution in [0.3, 0.4) is 0 Å². The Morgan fingerprint density at radius 3 is 2.83 bits per heavy atom. The molecule has 2 saturated heterocycles.